The first-order chi connectivity index (χ1) is 14.6. The summed E-state index contributed by atoms with van der Waals surface area (Å²) in [6.07, 6.45) is 7.49. The maximum atomic E-state index is 12.6. The van der Waals surface area contributed by atoms with Gasteiger partial charge < -0.3 is 5.32 Å². The number of amides is 1. The highest BCUT2D eigenvalue weighted by molar-refractivity contribution is 8.00. The molecule has 0 radical (unpaired) electrons. The summed E-state index contributed by atoms with van der Waals surface area (Å²) >= 11 is 3.39. The predicted octanol–water partition coefficient (Wildman–Crippen LogP) is 5.36. The van der Waals surface area contributed by atoms with Crippen LogP contribution in [0.3, 0.4) is 0 Å². The van der Waals surface area contributed by atoms with Gasteiger partial charge in [0.15, 0.2) is 0 Å². The van der Waals surface area contributed by atoms with E-state index in [1.54, 1.807) is 11.8 Å². The number of nitrogens with one attached hydrogen (secondary N) is 1. The van der Waals surface area contributed by atoms with Crippen LogP contribution >= 0.6 is 23.1 Å². The average molecular weight is 440 g/mol. The van der Waals surface area contributed by atoms with Crippen molar-refractivity contribution in [2.45, 2.75) is 69.9 Å². The van der Waals surface area contributed by atoms with Crippen molar-refractivity contribution in [1.82, 2.24) is 15.3 Å². The Kier molecular flexibility index (Phi) is 7.05. The largest absolute Gasteiger partial charge is 0.353 e. The fourth-order valence-electron chi connectivity index (χ4n) is 3.98. The quantitative estimate of drug-likeness (QED) is 0.379. The minimum atomic E-state index is 0.0782. The van der Waals surface area contributed by atoms with Crippen LogP contribution in [0, 0.1) is 0 Å². The molecule has 4 nitrogen and oxygen atoms in total. The monoisotopic (exact) mass is 439 g/mol. The topological polar surface area (TPSA) is 54.9 Å². The Morgan fingerprint density at radius 1 is 1.20 bits per heavy atom. The molecular weight excluding hydrogens is 410 g/mol. The van der Waals surface area contributed by atoms with E-state index < -0.39 is 0 Å². The molecule has 0 aliphatic heterocycles. The first kappa shape index (κ1) is 21.3. The Hall–Kier alpha value is -1.92. The fraction of sp³-hybridized carbons (Fsp3) is 0.458. The van der Waals surface area contributed by atoms with Gasteiger partial charge in [0.05, 0.1) is 5.75 Å². The summed E-state index contributed by atoms with van der Waals surface area (Å²) in [5, 5.41) is 5.35. The predicted molar refractivity (Wildman–Crippen MR) is 127 cm³/mol. The molecule has 1 aromatic carbocycles. The number of nitrogens with zero attached hydrogens (tertiary/aromatic N) is 2. The van der Waals surface area contributed by atoms with Crippen LogP contribution in [0.15, 0.2) is 35.4 Å². The van der Waals surface area contributed by atoms with Crippen LogP contribution in [0.25, 0.3) is 10.2 Å². The summed E-state index contributed by atoms with van der Waals surface area (Å²) in [7, 11) is 0. The van der Waals surface area contributed by atoms with Gasteiger partial charge in [-0.2, -0.15) is 0 Å². The zero-order chi connectivity index (χ0) is 20.9. The lowest BCUT2D eigenvalue weighted by molar-refractivity contribution is -0.119. The number of carbonyl (C=O) groups is 1. The molecule has 0 saturated heterocycles. The summed E-state index contributed by atoms with van der Waals surface area (Å²) in [6, 6.07) is 10.6. The summed E-state index contributed by atoms with van der Waals surface area (Å²) in [5.41, 5.74) is 2.74. The highest BCUT2D eigenvalue weighted by Gasteiger charge is 2.21. The molecule has 1 N–H and O–H groups in total. The number of carbonyl (C=O) groups excluding carboxylic acids is 1. The lowest BCUT2D eigenvalue weighted by Gasteiger charge is -2.14. The van der Waals surface area contributed by atoms with E-state index >= 15 is 0 Å². The first-order valence-corrected chi connectivity index (χ1v) is 12.7. The average Bonchev–Trinajstić information content (AvgIpc) is 3.15. The number of rotatable bonds is 8. The van der Waals surface area contributed by atoms with E-state index in [9.17, 15) is 4.79 Å². The number of thiophene rings is 1. The van der Waals surface area contributed by atoms with E-state index in [0.29, 0.717) is 5.75 Å². The van der Waals surface area contributed by atoms with E-state index in [4.69, 9.17) is 9.97 Å². The Morgan fingerprint density at radius 3 is 2.80 bits per heavy atom. The van der Waals surface area contributed by atoms with E-state index in [0.717, 1.165) is 47.8 Å². The normalized spacial score (nSPS) is 14.5. The molecule has 6 heteroatoms. The van der Waals surface area contributed by atoms with Crippen molar-refractivity contribution >= 4 is 39.2 Å². The Morgan fingerprint density at radius 2 is 2.00 bits per heavy atom. The number of benzene rings is 1. The summed E-state index contributed by atoms with van der Waals surface area (Å²) in [5.74, 6) is 1.35. The zero-order valence-corrected chi connectivity index (χ0v) is 19.4. The van der Waals surface area contributed by atoms with E-state index in [1.165, 1.54) is 34.2 Å². The highest BCUT2D eigenvalue weighted by Crippen LogP contribution is 2.39. The van der Waals surface area contributed by atoms with Gasteiger partial charge in [0.1, 0.15) is 15.7 Å². The highest BCUT2D eigenvalue weighted by atomic mass is 32.2. The van der Waals surface area contributed by atoms with Gasteiger partial charge in [0, 0.05) is 22.7 Å². The van der Waals surface area contributed by atoms with Crippen LogP contribution in [0.4, 0.5) is 0 Å². The van der Waals surface area contributed by atoms with Gasteiger partial charge in [-0.25, -0.2) is 9.97 Å². The third-order valence-corrected chi connectivity index (χ3v) is 7.76. The van der Waals surface area contributed by atoms with Gasteiger partial charge >= 0.3 is 0 Å². The van der Waals surface area contributed by atoms with Crippen molar-refractivity contribution in [3.8, 4) is 0 Å². The molecular formula is C24H29N3OS2. The molecule has 2 heterocycles. The van der Waals surface area contributed by atoms with Gasteiger partial charge in [-0.3, -0.25) is 4.79 Å². The second-order valence-corrected chi connectivity index (χ2v) is 10.0. The van der Waals surface area contributed by atoms with Crippen molar-refractivity contribution in [2.24, 2.45) is 0 Å². The number of fused-ring (bicyclic) bond motifs is 3. The van der Waals surface area contributed by atoms with Crippen molar-refractivity contribution in [3.05, 3.63) is 52.2 Å². The number of hydrogen-bond acceptors (Lipinski definition) is 5. The van der Waals surface area contributed by atoms with Crippen molar-refractivity contribution < 1.29 is 4.79 Å². The standard InChI is InChI=1S/C24H29N3OS2/c1-3-20-26-23(22-18-11-7-8-12-19(18)30-24(22)27-20)29-15-21(28)25-16(2)13-14-17-9-5-4-6-10-17/h4-6,9-10,16H,3,7-8,11-15H2,1-2H3,(H,25,28)/t16-/m0/s1. The molecule has 0 spiro atoms. The molecule has 0 bridgehead atoms. The first-order valence-electron chi connectivity index (χ1n) is 10.9. The molecule has 2 aromatic heterocycles. The summed E-state index contributed by atoms with van der Waals surface area (Å²) in [4.78, 5) is 24.7. The second-order valence-electron chi connectivity index (χ2n) is 7.97. The molecule has 1 atom stereocenters. The molecule has 0 unspecified atom stereocenters. The minimum Gasteiger partial charge on any atom is -0.353 e. The van der Waals surface area contributed by atoms with Crippen molar-refractivity contribution in [3.63, 3.8) is 0 Å². The van der Waals surface area contributed by atoms with Crippen LogP contribution in [0.2, 0.25) is 0 Å². The molecule has 1 aliphatic carbocycles. The molecule has 30 heavy (non-hydrogen) atoms. The van der Waals surface area contributed by atoms with Gasteiger partial charge in [-0.1, -0.05) is 49.0 Å². The smallest absolute Gasteiger partial charge is 0.230 e. The molecule has 3 aromatic rings. The van der Waals surface area contributed by atoms with Crippen LogP contribution in [0.5, 0.6) is 0 Å². The van der Waals surface area contributed by atoms with Crippen LogP contribution in [-0.4, -0.2) is 27.7 Å². The van der Waals surface area contributed by atoms with Crippen molar-refractivity contribution in [1.29, 1.82) is 0 Å². The van der Waals surface area contributed by atoms with Gasteiger partial charge in [-0.05, 0) is 56.6 Å². The molecule has 4 rings (SSSR count). The third kappa shape index (κ3) is 5.03. The Bertz CT molecular complexity index is 1020. The molecule has 1 amide bonds. The minimum absolute atomic E-state index is 0.0782. The van der Waals surface area contributed by atoms with Crippen LogP contribution in [-0.2, 0) is 30.5 Å². The maximum Gasteiger partial charge on any atom is 0.230 e. The summed E-state index contributed by atoms with van der Waals surface area (Å²) in [6.45, 7) is 4.17. The lowest BCUT2D eigenvalue weighted by atomic mass is 9.97. The van der Waals surface area contributed by atoms with E-state index in [1.807, 2.05) is 17.4 Å². The number of hydrogen-bond donors (Lipinski definition) is 1. The summed E-state index contributed by atoms with van der Waals surface area (Å²) < 4.78 is 0. The van der Waals surface area contributed by atoms with Crippen LogP contribution in [0.1, 0.15) is 54.9 Å². The molecule has 1 aliphatic rings. The second kappa shape index (κ2) is 9.92. The van der Waals surface area contributed by atoms with E-state index in [-0.39, 0.29) is 11.9 Å². The van der Waals surface area contributed by atoms with E-state index in [2.05, 4.69) is 43.4 Å². The van der Waals surface area contributed by atoms with Gasteiger partial charge in [0.25, 0.3) is 0 Å². The zero-order valence-electron chi connectivity index (χ0n) is 17.7. The number of thioether (sulfide) groups is 1. The molecule has 0 saturated carbocycles. The lowest BCUT2D eigenvalue weighted by Crippen LogP contribution is -2.34. The fourth-order valence-corrected chi connectivity index (χ4v) is 6.21. The van der Waals surface area contributed by atoms with Gasteiger partial charge in [-0.15, -0.1) is 11.3 Å². The molecule has 0 fully saturated rings. The van der Waals surface area contributed by atoms with Crippen molar-refractivity contribution in [2.75, 3.05) is 5.75 Å². The number of aromatic nitrogens is 2. The third-order valence-electron chi connectivity index (χ3n) is 5.60. The van der Waals surface area contributed by atoms with Crippen LogP contribution < -0.4 is 5.32 Å². The van der Waals surface area contributed by atoms with Gasteiger partial charge in [0.2, 0.25) is 5.91 Å². The maximum absolute atomic E-state index is 12.6. The molecule has 158 valence electrons. The number of aryl methyl sites for hydroxylation is 4. The SMILES string of the molecule is CCc1nc(SCC(=O)N[C@@H](C)CCc2ccccc2)c2c3c(sc2n1)CCCC3. The Labute approximate surface area is 186 Å². The Balaban J connectivity index is 1.40.